The Kier molecular flexibility index (Phi) is 6.26. The molecule has 1 aliphatic rings. The van der Waals surface area contributed by atoms with Crippen molar-refractivity contribution in [2.45, 2.75) is 40.0 Å². The van der Waals surface area contributed by atoms with Crippen LogP contribution in [0.4, 0.5) is 0 Å². The van der Waals surface area contributed by atoms with E-state index in [4.69, 9.17) is 0 Å². The molecule has 1 N–H and O–H groups in total. The molecule has 0 saturated carbocycles. The summed E-state index contributed by atoms with van der Waals surface area (Å²) in [6.45, 7) is 13.2. The van der Waals surface area contributed by atoms with E-state index in [1.54, 1.807) is 0 Å². The van der Waals surface area contributed by atoms with Gasteiger partial charge in [0.05, 0.1) is 0 Å². The molecule has 0 spiro atoms. The molecule has 2 atom stereocenters. The van der Waals surface area contributed by atoms with Gasteiger partial charge < -0.3 is 10.2 Å². The lowest BCUT2D eigenvalue weighted by molar-refractivity contribution is 0.183. The first-order valence-corrected chi connectivity index (χ1v) is 6.65. The van der Waals surface area contributed by atoms with E-state index in [1.807, 2.05) is 0 Å². The van der Waals surface area contributed by atoms with E-state index in [0.717, 1.165) is 11.8 Å². The van der Waals surface area contributed by atoms with Crippen LogP contribution in [0.25, 0.3) is 0 Å². The Bertz CT molecular complexity index is 147. The molecule has 1 aliphatic heterocycles. The maximum Gasteiger partial charge on any atom is 0.00193 e. The van der Waals surface area contributed by atoms with E-state index in [9.17, 15) is 0 Å². The van der Waals surface area contributed by atoms with Gasteiger partial charge >= 0.3 is 0 Å². The van der Waals surface area contributed by atoms with E-state index in [1.165, 1.54) is 52.0 Å². The third kappa shape index (κ3) is 5.53. The zero-order chi connectivity index (χ0) is 11.1. The highest BCUT2D eigenvalue weighted by Gasteiger charge is 2.16. The fourth-order valence-electron chi connectivity index (χ4n) is 2.43. The number of hydrogen-bond acceptors (Lipinski definition) is 2. The third-order valence-corrected chi connectivity index (χ3v) is 3.20. The summed E-state index contributed by atoms with van der Waals surface area (Å²) in [5.41, 5.74) is 0. The zero-order valence-electron chi connectivity index (χ0n) is 10.8. The lowest BCUT2D eigenvalue weighted by atomic mass is 10.1. The van der Waals surface area contributed by atoms with Crippen molar-refractivity contribution >= 4 is 0 Å². The highest BCUT2D eigenvalue weighted by Crippen LogP contribution is 2.09. The maximum atomic E-state index is 3.55. The fourth-order valence-corrected chi connectivity index (χ4v) is 2.43. The van der Waals surface area contributed by atoms with Gasteiger partial charge in [0.15, 0.2) is 0 Å². The molecule has 0 bridgehead atoms. The average Bonchev–Trinajstić information content (AvgIpc) is 2.15. The van der Waals surface area contributed by atoms with Crippen LogP contribution in [0.5, 0.6) is 0 Å². The number of unbranched alkanes of at least 4 members (excludes halogenated alkanes) is 2. The predicted molar refractivity (Wildman–Crippen MR) is 67.2 cm³/mol. The summed E-state index contributed by atoms with van der Waals surface area (Å²) >= 11 is 0. The summed E-state index contributed by atoms with van der Waals surface area (Å²) in [5, 5.41) is 3.55. The van der Waals surface area contributed by atoms with Crippen LogP contribution >= 0.6 is 0 Å². The molecule has 0 aliphatic carbocycles. The Balaban J connectivity index is 2.29. The van der Waals surface area contributed by atoms with E-state index in [-0.39, 0.29) is 0 Å². The topological polar surface area (TPSA) is 15.3 Å². The molecule has 15 heavy (non-hydrogen) atoms. The second-order valence-corrected chi connectivity index (χ2v) is 5.34. The molecule has 0 amide bonds. The molecule has 2 unspecified atom stereocenters. The Morgan fingerprint density at radius 1 is 1.07 bits per heavy atom. The number of rotatable bonds is 4. The van der Waals surface area contributed by atoms with Gasteiger partial charge in [-0.1, -0.05) is 33.6 Å². The van der Waals surface area contributed by atoms with E-state index in [2.05, 4.69) is 31.0 Å². The molecule has 0 radical (unpaired) electrons. The van der Waals surface area contributed by atoms with Crippen molar-refractivity contribution in [3.63, 3.8) is 0 Å². The van der Waals surface area contributed by atoms with Gasteiger partial charge in [0.2, 0.25) is 0 Å². The molecule has 1 heterocycles. The minimum atomic E-state index is 0.805. The summed E-state index contributed by atoms with van der Waals surface area (Å²) in [5.74, 6) is 1.61. The van der Waals surface area contributed by atoms with Crippen LogP contribution in [0.15, 0.2) is 0 Å². The van der Waals surface area contributed by atoms with Crippen LogP contribution in [0.1, 0.15) is 40.0 Å². The molecule has 1 rings (SSSR count). The first kappa shape index (κ1) is 13.0. The molecular formula is C13H28N2. The number of nitrogens with one attached hydrogen (secondary N) is 1. The van der Waals surface area contributed by atoms with Gasteiger partial charge in [-0.2, -0.15) is 0 Å². The van der Waals surface area contributed by atoms with Gasteiger partial charge in [0.25, 0.3) is 0 Å². The van der Waals surface area contributed by atoms with Crippen molar-refractivity contribution in [2.24, 2.45) is 11.8 Å². The van der Waals surface area contributed by atoms with E-state index < -0.39 is 0 Å². The van der Waals surface area contributed by atoms with Crippen molar-refractivity contribution in [1.29, 1.82) is 0 Å². The molecule has 1 saturated heterocycles. The van der Waals surface area contributed by atoms with Gasteiger partial charge in [-0.15, -0.1) is 0 Å². The molecule has 0 aromatic heterocycles. The summed E-state index contributed by atoms with van der Waals surface area (Å²) in [6.07, 6.45) is 4.10. The lowest BCUT2D eigenvalue weighted by Crippen LogP contribution is -2.42. The van der Waals surface area contributed by atoms with Gasteiger partial charge in [-0.3, -0.25) is 0 Å². The Morgan fingerprint density at radius 2 is 1.67 bits per heavy atom. The first-order chi connectivity index (χ1) is 7.22. The number of nitrogens with zero attached hydrogens (tertiary/aromatic N) is 1. The van der Waals surface area contributed by atoms with Crippen LogP contribution in [0.3, 0.4) is 0 Å². The summed E-state index contributed by atoms with van der Waals surface area (Å²) in [7, 11) is 0. The molecule has 2 nitrogen and oxygen atoms in total. The van der Waals surface area contributed by atoms with Crippen LogP contribution in [-0.2, 0) is 0 Å². The highest BCUT2D eigenvalue weighted by atomic mass is 15.1. The van der Waals surface area contributed by atoms with Crippen molar-refractivity contribution in [1.82, 2.24) is 10.2 Å². The lowest BCUT2D eigenvalue weighted by Gasteiger charge is -2.31. The second kappa shape index (κ2) is 7.24. The van der Waals surface area contributed by atoms with Crippen molar-refractivity contribution in [2.75, 3.05) is 32.7 Å². The summed E-state index contributed by atoms with van der Waals surface area (Å²) < 4.78 is 0. The zero-order valence-corrected chi connectivity index (χ0v) is 10.8. The normalized spacial score (nSPS) is 29.8. The Hall–Kier alpha value is -0.0800. The molecular weight excluding hydrogens is 184 g/mol. The maximum absolute atomic E-state index is 3.55. The van der Waals surface area contributed by atoms with Crippen LogP contribution < -0.4 is 5.32 Å². The van der Waals surface area contributed by atoms with Crippen LogP contribution in [-0.4, -0.2) is 37.6 Å². The van der Waals surface area contributed by atoms with Gasteiger partial charge in [-0.05, 0) is 37.9 Å². The standard InChI is InChI=1S/C13H28N2/c1-4-5-6-7-15-10-12(2)8-14-9-13(3)11-15/h12-14H,4-11H2,1-3H3. The van der Waals surface area contributed by atoms with Crippen LogP contribution in [0.2, 0.25) is 0 Å². The molecule has 0 aromatic carbocycles. The highest BCUT2D eigenvalue weighted by molar-refractivity contribution is 4.72. The molecule has 90 valence electrons. The van der Waals surface area contributed by atoms with Gasteiger partial charge in [-0.25, -0.2) is 0 Å². The summed E-state index contributed by atoms with van der Waals surface area (Å²) in [4.78, 5) is 2.67. The van der Waals surface area contributed by atoms with E-state index in [0.29, 0.717) is 0 Å². The molecule has 2 heteroatoms. The Labute approximate surface area is 95.4 Å². The first-order valence-electron chi connectivity index (χ1n) is 6.65. The van der Waals surface area contributed by atoms with Gasteiger partial charge in [0, 0.05) is 13.1 Å². The largest absolute Gasteiger partial charge is 0.316 e. The monoisotopic (exact) mass is 212 g/mol. The van der Waals surface area contributed by atoms with E-state index >= 15 is 0 Å². The predicted octanol–water partition coefficient (Wildman–Crippen LogP) is 2.35. The third-order valence-electron chi connectivity index (χ3n) is 3.20. The van der Waals surface area contributed by atoms with Crippen molar-refractivity contribution < 1.29 is 0 Å². The van der Waals surface area contributed by atoms with Gasteiger partial charge in [0.1, 0.15) is 0 Å². The smallest absolute Gasteiger partial charge is 0.00193 e. The summed E-state index contributed by atoms with van der Waals surface area (Å²) in [6, 6.07) is 0. The molecule has 1 fully saturated rings. The second-order valence-electron chi connectivity index (χ2n) is 5.34. The molecule has 0 aromatic rings. The van der Waals surface area contributed by atoms with Crippen molar-refractivity contribution in [3.8, 4) is 0 Å². The fraction of sp³-hybridized carbons (Fsp3) is 1.00. The quantitative estimate of drug-likeness (QED) is 0.720. The Morgan fingerprint density at radius 3 is 2.20 bits per heavy atom. The average molecular weight is 212 g/mol. The SMILES string of the molecule is CCCCCN1CC(C)CNCC(C)C1. The number of hydrogen-bond donors (Lipinski definition) is 1. The minimum absolute atomic E-state index is 0.805. The minimum Gasteiger partial charge on any atom is -0.316 e. The van der Waals surface area contributed by atoms with Crippen molar-refractivity contribution in [3.05, 3.63) is 0 Å². The van der Waals surface area contributed by atoms with Crippen LogP contribution in [0, 0.1) is 11.8 Å².